The van der Waals surface area contributed by atoms with Crippen molar-refractivity contribution < 1.29 is 19.2 Å². The quantitative estimate of drug-likeness (QED) is 0.727. The van der Waals surface area contributed by atoms with Gasteiger partial charge in [0.05, 0.1) is 0 Å². The highest BCUT2D eigenvalue weighted by atomic mass is 79.9. The first kappa shape index (κ1) is 13.7. The molecule has 2 fully saturated rings. The molecule has 2 heterocycles. The van der Waals surface area contributed by atoms with Gasteiger partial charge in [-0.15, -0.1) is 0 Å². The zero-order valence-corrected chi connectivity index (χ0v) is 12.3. The van der Waals surface area contributed by atoms with Crippen molar-refractivity contribution in [3.05, 3.63) is 28.7 Å². The van der Waals surface area contributed by atoms with Crippen LogP contribution >= 0.6 is 15.9 Å². The molecule has 0 bridgehead atoms. The molecule has 0 saturated carbocycles. The molecule has 5 amide bonds. The third-order valence-corrected chi connectivity index (χ3v) is 4.15. The van der Waals surface area contributed by atoms with Crippen molar-refractivity contribution in [3.8, 4) is 0 Å². The van der Waals surface area contributed by atoms with Crippen molar-refractivity contribution >= 4 is 45.4 Å². The Morgan fingerprint density at radius 2 is 1.57 bits per heavy atom. The third kappa shape index (κ3) is 1.94. The topological polar surface area (TPSA) is 95.6 Å². The van der Waals surface area contributed by atoms with Gasteiger partial charge in [0.2, 0.25) is 11.4 Å². The van der Waals surface area contributed by atoms with E-state index in [1.165, 1.54) is 0 Å². The number of rotatable bonds is 1. The standard InChI is InChI=1S/C13H10BrN3O4/c14-7-1-3-8(4-2-7)17-9(18)5-6-13(17)10(19)15-12(21)16-11(13)20/h1-4H,5-6H2,(H2,15,16,19,20,21). The fraction of sp³-hybridized carbons (Fsp3) is 0.231. The van der Waals surface area contributed by atoms with Crippen LogP contribution in [0.1, 0.15) is 12.8 Å². The van der Waals surface area contributed by atoms with Gasteiger partial charge in [0.25, 0.3) is 11.8 Å². The SMILES string of the molecule is O=C1NC(=O)C2(CCC(=O)N2c2ccc(Br)cc2)C(=O)N1. The van der Waals surface area contributed by atoms with Crippen LogP contribution in [0.5, 0.6) is 0 Å². The molecule has 2 aliphatic heterocycles. The molecular weight excluding hydrogens is 342 g/mol. The first-order valence-corrected chi connectivity index (χ1v) is 7.00. The average Bonchev–Trinajstić information content (AvgIpc) is 2.77. The van der Waals surface area contributed by atoms with E-state index < -0.39 is 23.4 Å². The number of halogens is 1. The molecule has 7 nitrogen and oxygen atoms in total. The molecule has 1 spiro atoms. The van der Waals surface area contributed by atoms with Crippen LogP contribution in [0.2, 0.25) is 0 Å². The normalized spacial score (nSPS) is 20.7. The van der Waals surface area contributed by atoms with Gasteiger partial charge in [0, 0.05) is 16.6 Å². The first-order chi connectivity index (χ1) is 9.95. The second-order valence-corrected chi connectivity index (χ2v) is 5.72. The molecule has 0 unspecified atom stereocenters. The number of nitrogens with one attached hydrogen (secondary N) is 2. The van der Waals surface area contributed by atoms with Gasteiger partial charge in [0.1, 0.15) is 0 Å². The fourth-order valence-electron chi connectivity index (χ4n) is 2.66. The smallest absolute Gasteiger partial charge is 0.289 e. The number of hydrogen-bond donors (Lipinski definition) is 2. The summed E-state index contributed by atoms with van der Waals surface area (Å²) in [5.74, 6) is -1.88. The lowest BCUT2D eigenvalue weighted by atomic mass is 9.91. The van der Waals surface area contributed by atoms with Crippen LogP contribution in [-0.4, -0.2) is 29.3 Å². The number of benzene rings is 1. The maximum absolute atomic E-state index is 12.2. The highest BCUT2D eigenvalue weighted by Gasteiger charge is 2.60. The fourth-order valence-corrected chi connectivity index (χ4v) is 2.92. The Bertz CT molecular complexity index is 650. The molecular formula is C13H10BrN3O4. The Hall–Kier alpha value is -2.22. The minimum Gasteiger partial charge on any atom is -0.289 e. The van der Waals surface area contributed by atoms with E-state index >= 15 is 0 Å². The minimum absolute atomic E-state index is 0.0346. The summed E-state index contributed by atoms with van der Waals surface area (Å²) >= 11 is 3.28. The van der Waals surface area contributed by atoms with Gasteiger partial charge in [-0.05, 0) is 30.7 Å². The summed E-state index contributed by atoms with van der Waals surface area (Å²) in [5.41, 5.74) is -1.26. The molecule has 2 N–H and O–H groups in total. The van der Waals surface area contributed by atoms with Gasteiger partial charge >= 0.3 is 6.03 Å². The number of amides is 5. The van der Waals surface area contributed by atoms with Crippen molar-refractivity contribution in [2.45, 2.75) is 18.4 Å². The van der Waals surface area contributed by atoms with Gasteiger partial charge in [-0.2, -0.15) is 0 Å². The van der Waals surface area contributed by atoms with Gasteiger partial charge < -0.3 is 0 Å². The van der Waals surface area contributed by atoms with Gasteiger partial charge in [0.15, 0.2) is 0 Å². The lowest BCUT2D eigenvalue weighted by Gasteiger charge is -2.37. The number of urea groups is 1. The summed E-state index contributed by atoms with van der Waals surface area (Å²) in [5, 5.41) is 4.12. The molecule has 2 aliphatic rings. The number of carbonyl (C=O) groups is 4. The van der Waals surface area contributed by atoms with E-state index in [0.717, 1.165) is 9.37 Å². The summed E-state index contributed by atoms with van der Waals surface area (Å²) in [6.07, 6.45) is 0.0952. The van der Waals surface area contributed by atoms with Crippen LogP contribution in [-0.2, 0) is 14.4 Å². The average molecular weight is 352 g/mol. The molecule has 8 heteroatoms. The highest BCUT2D eigenvalue weighted by Crippen LogP contribution is 2.37. The summed E-state index contributed by atoms with van der Waals surface area (Å²) < 4.78 is 0.805. The van der Waals surface area contributed by atoms with Crippen molar-refractivity contribution in [2.24, 2.45) is 0 Å². The first-order valence-electron chi connectivity index (χ1n) is 6.20. The Morgan fingerprint density at radius 3 is 2.14 bits per heavy atom. The summed E-state index contributed by atoms with van der Waals surface area (Å²) in [6, 6.07) is 5.81. The van der Waals surface area contributed by atoms with E-state index in [1.54, 1.807) is 24.3 Å². The van der Waals surface area contributed by atoms with Crippen molar-refractivity contribution in [2.75, 3.05) is 4.90 Å². The second kappa shape index (κ2) is 4.66. The number of anilines is 1. The van der Waals surface area contributed by atoms with E-state index in [2.05, 4.69) is 26.6 Å². The molecule has 3 rings (SSSR count). The summed E-state index contributed by atoms with van der Waals surface area (Å²) in [7, 11) is 0. The van der Waals surface area contributed by atoms with Gasteiger partial charge in [-0.1, -0.05) is 15.9 Å². The molecule has 1 aromatic rings. The zero-order valence-electron chi connectivity index (χ0n) is 10.7. The van der Waals surface area contributed by atoms with E-state index in [9.17, 15) is 19.2 Å². The number of barbiturate groups is 1. The molecule has 0 radical (unpaired) electrons. The molecule has 21 heavy (non-hydrogen) atoms. The monoisotopic (exact) mass is 351 g/mol. The number of imide groups is 2. The highest BCUT2D eigenvalue weighted by molar-refractivity contribution is 9.10. The number of nitrogens with zero attached hydrogens (tertiary/aromatic N) is 1. The third-order valence-electron chi connectivity index (χ3n) is 3.62. The van der Waals surface area contributed by atoms with Crippen molar-refractivity contribution in [1.29, 1.82) is 0 Å². The largest absolute Gasteiger partial charge is 0.328 e. The van der Waals surface area contributed by atoms with Crippen LogP contribution in [0.15, 0.2) is 28.7 Å². The van der Waals surface area contributed by atoms with Crippen LogP contribution in [0.4, 0.5) is 10.5 Å². The Morgan fingerprint density at radius 1 is 1.00 bits per heavy atom. The number of carbonyl (C=O) groups excluding carboxylic acids is 4. The van der Waals surface area contributed by atoms with Crippen molar-refractivity contribution in [1.82, 2.24) is 10.6 Å². The Labute approximate surface area is 127 Å². The van der Waals surface area contributed by atoms with E-state index in [4.69, 9.17) is 0 Å². The van der Waals surface area contributed by atoms with E-state index in [0.29, 0.717) is 5.69 Å². The van der Waals surface area contributed by atoms with E-state index in [1.807, 2.05) is 0 Å². The maximum atomic E-state index is 12.2. The Kier molecular flexibility index (Phi) is 3.05. The lowest BCUT2D eigenvalue weighted by Crippen LogP contribution is -2.72. The maximum Gasteiger partial charge on any atom is 0.328 e. The minimum atomic E-state index is -1.70. The van der Waals surface area contributed by atoms with Crippen molar-refractivity contribution in [3.63, 3.8) is 0 Å². The second-order valence-electron chi connectivity index (χ2n) is 4.80. The van der Waals surface area contributed by atoms with Gasteiger partial charge in [-0.25, -0.2) is 4.79 Å². The predicted molar refractivity (Wildman–Crippen MR) is 75.3 cm³/mol. The molecule has 0 aromatic heterocycles. The lowest BCUT2D eigenvalue weighted by molar-refractivity contribution is -0.138. The molecule has 0 atom stereocenters. The predicted octanol–water partition coefficient (Wildman–Crippen LogP) is 0.681. The van der Waals surface area contributed by atoms with Crippen LogP contribution in [0.3, 0.4) is 0 Å². The van der Waals surface area contributed by atoms with Crippen LogP contribution < -0.4 is 15.5 Å². The van der Waals surface area contributed by atoms with Crippen LogP contribution in [0.25, 0.3) is 0 Å². The zero-order chi connectivity index (χ0) is 15.2. The molecule has 2 saturated heterocycles. The Balaban J connectivity index is 2.10. The van der Waals surface area contributed by atoms with Gasteiger partial charge in [-0.3, -0.25) is 29.9 Å². The molecule has 108 valence electrons. The van der Waals surface area contributed by atoms with Crippen LogP contribution in [0, 0.1) is 0 Å². The summed E-state index contributed by atoms with van der Waals surface area (Å²) in [6.45, 7) is 0. The molecule has 1 aromatic carbocycles. The summed E-state index contributed by atoms with van der Waals surface area (Å²) in [4.78, 5) is 49.0. The molecule has 0 aliphatic carbocycles. The number of hydrogen-bond acceptors (Lipinski definition) is 4. The van der Waals surface area contributed by atoms with E-state index in [-0.39, 0.29) is 18.7 Å².